The van der Waals surface area contributed by atoms with Gasteiger partial charge in [-0.1, -0.05) is 46.1 Å². The van der Waals surface area contributed by atoms with E-state index in [2.05, 4.69) is 6.92 Å². The van der Waals surface area contributed by atoms with Crippen LogP contribution in [0.4, 0.5) is 4.79 Å². The number of ketones is 2. The second-order valence-corrected chi connectivity index (χ2v) is 12.7. The lowest BCUT2D eigenvalue weighted by Gasteiger charge is -2.60. The van der Waals surface area contributed by atoms with Crippen molar-refractivity contribution in [3.63, 3.8) is 0 Å². The first kappa shape index (κ1) is 29.8. The van der Waals surface area contributed by atoms with Crippen LogP contribution in [-0.4, -0.2) is 53.7 Å². The Morgan fingerprint density at radius 3 is 2.49 bits per heavy atom. The Labute approximate surface area is 232 Å². The van der Waals surface area contributed by atoms with E-state index in [1.54, 1.807) is 6.08 Å². The fraction of sp³-hybridized carbons (Fsp3) is 0.806. The summed E-state index contributed by atoms with van der Waals surface area (Å²) in [4.78, 5) is 51.3. The number of allylic oxidation sites excluding steroid dienone is 1. The standard InChI is InChI=1S/C31H46O8/c1-5-7-9-26(35)38-19-25(34)31(39-28(36)37-16-8-6-2)15-13-23-22-11-10-20-17-21(32)12-14-29(20,3)27(22)24(33)18-30(23,31)4/h17,22-24,27,33H,5-16,18-19H2,1-4H3/t22-,23-,24-,27+,29-,30-,31-/m0/s1. The molecule has 4 rings (SSSR count). The molecule has 0 heterocycles. The van der Waals surface area contributed by atoms with Gasteiger partial charge in [-0.3, -0.25) is 14.4 Å². The molecule has 4 aliphatic carbocycles. The van der Waals surface area contributed by atoms with E-state index in [1.165, 1.54) is 0 Å². The van der Waals surface area contributed by atoms with Crippen molar-refractivity contribution in [1.29, 1.82) is 0 Å². The molecule has 0 radical (unpaired) electrons. The number of carbonyl (C=O) groups excluding carboxylic acids is 4. The van der Waals surface area contributed by atoms with Crippen LogP contribution in [0.1, 0.15) is 105 Å². The Morgan fingerprint density at radius 1 is 1.03 bits per heavy atom. The van der Waals surface area contributed by atoms with E-state index >= 15 is 0 Å². The van der Waals surface area contributed by atoms with E-state index < -0.39 is 41.6 Å². The van der Waals surface area contributed by atoms with E-state index in [-0.39, 0.29) is 48.4 Å². The maximum absolute atomic E-state index is 13.9. The number of fused-ring (bicyclic) bond motifs is 5. The maximum Gasteiger partial charge on any atom is 0.509 e. The molecule has 0 bridgehead atoms. The van der Waals surface area contributed by atoms with Gasteiger partial charge in [-0.05, 0) is 80.6 Å². The number of ether oxygens (including phenoxy) is 3. The minimum Gasteiger partial charge on any atom is -0.457 e. The van der Waals surface area contributed by atoms with Crippen LogP contribution in [0.25, 0.3) is 0 Å². The van der Waals surface area contributed by atoms with Crippen molar-refractivity contribution in [2.24, 2.45) is 28.6 Å². The van der Waals surface area contributed by atoms with Crippen molar-refractivity contribution >= 4 is 23.7 Å². The molecule has 0 aromatic rings. The molecule has 7 atom stereocenters. The first-order chi connectivity index (χ1) is 18.5. The molecule has 218 valence electrons. The molecule has 3 saturated carbocycles. The van der Waals surface area contributed by atoms with Crippen molar-refractivity contribution in [2.45, 2.75) is 116 Å². The number of unbranched alkanes of at least 4 members (excludes halogenated alkanes) is 2. The van der Waals surface area contributed by atoms with Crippen LogP contribution in [0, 0.1) is 28.6 Å². The summed E-state index contributed by atoms with van der Waals surface area (Å²) in [6, 6.07) is 0. The molecule has 0 amide bonds. The second-order valence-electron chi connectivity index (χ2n) is 12.7. The Balaban J connectivity index is 1.63. The summed E-state index contributed by atoms with van der Waals surface area (Å²) in [6.45, 7) is 7.83. The minimum absolute atomic E-state index is 0.0297. The highest BCUT2D eigenvalue weighted by Crippen LogP contribution is 2.68. The number of aliphatic hydroxyl groups is 1. The smallest absolute Gasteiger partial charge is 0.457 e. The third kappa shape index (κ3) is 5.30. The highest BCUT2D eigenvalue weighted by molar-refractivity contribution is 5.93. The average molecular weight is 547 g/mol. The van der Waals surface area contributed by atoms with Gasteiger partial charge >= 0.3 is 12.1 Å². The molecular weight excluding hydrogens is 500 g/mol. The van der Waals surface area contributed by atoms with Crippen molar-refractivity contribution in [2.75, 3.05) is 13.2 Å². The zero-order valence-electron chi connectivity index (χ0n) is 24.1. The summed E-state index contributed by atoms with van der Waals surface area (Å²) < 4.78 is 16.7. The Bertz CT molecular complexity index is 1000. The number of rotatable bonds is 10. The lowest BCUT2D eigenvalue weighted by Crippen LogP contribution is -2.63. The van der Waals surface area contributed by atoms with Gasteiger partial charge in [0, 0.05) is 18.3 Å². The zero-order chi connectivity index (χ0) is 28.4. The second kappa shape index (κ2) is 11.7. The zero-order valence-corrected chi connectivity index (χ0v) is 24.1. The highest BCUT2D eigenvalue weighted by Gasteiger charge is 2.70. The monoisotopic (exact) mass is 546 g/mol. The first-order valence-corrected chi connectivity index (χ1v) is 15.0. The third-order valence-corrected chi connectivity index (χ3v) is 10.5. The molecule has 1 N–H and O–H groups in total. The van der Waals surface area contributed by atoms with E-state index in [1.807, 2.05) is 20.8 Å². The summed E-state index contributed by atoms with van der Waals surface area (Å²) in [5.74, 6) is -0.606. The Morgan fingerprint density at radius 2 is 1.77 bits per heavy atom. The Hall–Kier alpha value is -2.22. The fourth-order valence-corrected chi connectivity index (χ4v) is 8.49. The summed E-state index contributed by atoms with van der Waals surface area (Å²) in [6.07, 6.45) is 7.51. The minimum atomic E-state index is -1.54. The van der Waals surface area contributed by atoms with Crippen LogP contribution in [0.2, 0.25) is 0 Å². The molecule has 8 heteroatoms. The molecule has 0 aliphatic heterocycles. The van der Waals surface area contributed by atoms with Gasteiger partial charge in [0.05, 0.1) is 12.7 Å². The predicted octanol–water partition coefficient (Wildman–Crippen LogP) is 5.48. The quantitative estimate of drug-likeness (QED) is 0.283. The van der Waals surface area contributed by atoms with E-state index in [4.69, 9.17) is 14.2 Å². The van der Waals surface area contributed by atoms with Crippen LogP contribution in [0.15, 0.2) is 11.6 Å². The topological polar surface area (TPSA) is 116 Å². The van der Waals surface area contributed by atoms with Crippen molar-refractivity contribution in [3.8, 4) is 0 Å². The van der Waals surface area contributed by atoms with E-state index in [0.717, 1.165) is 37.7 Å². The number of hydrogen-bond donors (Lipinski definition) is 1. The first-order valence-electron chi connectivity index (χ1n) is 15.0. The fourth-order valence-electron chi connectivity index (χ4n) is 8.49. The molecule has 0 aromatic carbocycles. The van der Waals surface area contributed by atoms with Crippen molar-refractivity contribution < 1.29 is 38.5 Å². The molecule has 0 spiro atoms. The van der Waals surface area contributed by atoms with Gasteiger partial charge in [-0.2, -0.15) is 0 Å². The summed E-state index contributed by atoms with van der Waals surface area (Å²) in [5, 5.41) is 11.7. The molecule has 0 unspecified atom stereocenters. The van der Waals surface area contributed by atoms with Gasteiger partial charge in [-0.15, -0.1) is 0 Å². The number of hydrogen-bond acceptors (Lipinski definition) is 8. The molecule has 0 aromatic heterocycles. The van der Waals surface area contributed by atoms with Gasteiger partial charge < -0.3 is 19.3 Å². The normalized spacial score (nSPS) is 37.2. The van der Waals surface area contributed by atoms with Gasteiger partial charge in [-0.25, -0.2) is 4.79 Å². The third-order valence-electron chi connectivity index (χ3n) is 10.5. The average Bonchev–Trinajstić information content (AvgIpc) is 3.18. The van der Waals surface area contributed by atoms with Gasteiger partial charge in [0.25, 0.3) is 0 Å². The SMILES string of the molecule is CCCCOC(=O)O[C@]1(C(=O)COC(=O)CCCC)CC[C@H]2[C@@H]3CCC4=CC(=O)CC[C@]4(C)[C@H]3[C@@H](O)C[C@@]21C. The molecular formula is C31H46O8. The van der Waals surface area contributed by atoms with Crippen LogP contribution >= 0.6 is 0 Å². The van der Waals surface area contributed by atoms with Crippen LogP contribution in [-0.2, 0) is 28.6 Å². The number of carbonyl (C=O) groups is 4. The largest absolute Gasteiger partial charge is 0.509 e. The molecule has 3 fully saturated rings. The summed E-state index contributed by atoms with van der Waals surface area (Å²) in [5.41, 5.74) is -1.51. The van der Waals surface area contributed by atoms with Crippen LogP contribution < -0.4 is 0 Å². The summed E-state index contributed by atoms with van der Waals surface area (Å²) >= 11 is 0. The van der Waals surface area contributed by atoms with Gasteiger partial charge in [0.1, 0.15) is 0 Å². The predicted molar refractivity (Wildman–Crippen MR) is 144 cm³/mol. The number of Topliss-reactive ketones (excluding diaryl/α,β-unsaturated/α-hetero) is 1. The lowest BCUT2D eigenvalue weighted by molar-refractivity contribution is -0.189. The number of aliphatic hydroxyl groups excluding tert-OH is 1. The van der Waals surface area contributed by atoms with Gasteiger partial charge in [0.2, 0.25) is 5.78 Å². The molecule has 0 saturated heterocycles. The van der Waals surface area contributed by atoms with E-state index in [9.17, 15) is 24.3 Å². The molecule has 8 nitrogen and oxygen atoms in total. The lowest BCUT2D eigenvalue weighted by atomic mass is 9.45. The van der Waals surface area contributed by atoms with Crippen LogP contribution in [0.3, 0.4) is 0 Å². The number of esters is 1. The highest BCUT2D eigenvalue weighted by atomic mass is 16.7. The van der Waals surface area contributed by atoms with Crippen molar-refractivity contribution in [1.82, 2.24) is 0 Å². The van der Waals surface area contributed by atoms with E-state index in [0.29, 0.717) is 32.1 Å². The van der Waals surface area contributed by atoms with Crippen LogP contribution in [0.5, 0.6) is 0 Å². The maximum atomic E-state index is 13.9. The molecule has 39 heavy (non-hydrogen) atoms. The van der Waals surface area contributed by atoms with Crippen molar-refractivity contribution in [3.05, 3.63) is 11.6 Å². The Kier molecular flexibility index (Phi) is 8.94. The van der Waals surface area contributed by atoms with Gasteiger partial charge in [0.15, 0.2) is 18.0 Å². The summed E-state index contributed by atoms with van der Waals surface area (Å²) in [7, 11) is 0. The molecule has 4 aliphatic rings.